The van der Waals surface area contributed by atoms with Gasteiger partial charge in [-0.15, -0.1) is 0 Å². The molecule has 4 rings (SSSR count). The second-order valence-corrected chi connectivity index (χ2v) is 6.80. The van der Waals surface area contributed by atoms with Gasteiger partial charge in [0.1, 0.15) is 6.17 Å². The number of nitrogens with one attached hydrogen (secondary N) is 1. The number of anilines is 1. The Kier molecular flexibility index (Phi) is 4.90. The van der Waals surface area contributed by atoms with E-state index in [1.165, 1.54) is 0 Å². The van der Waals surface area contributed by atoms with Crippen molar-refractivity contribution in [1.29, 1.82) is 0 Å². The molecule has 6 nitrogen and oxygen atoms in total. The minimum atomic E-state index is -0.295. The van der Waals surface area contributed by atoms with E-state index < -0.39 is 0 Å². The van der Waals surface area contributed by atoms with E-state index in [0.29, 0.717) is 23.6 Å². The minimum Gasteiger partial charge on any atom is -0.493 e. The van der Waals surface area contributed by atoms with Crippen molar-refractivity contribution in [1.82, 2.24) is 4.90 Å². The van der Waals surface area contributed by atoms with Crippen molar-refractivity contribution in [3.63, 3.8) is 0 Å². The van der Waals surface area contributed by atoms with Gasteiger partial charge in [-0.25, -0.2) is 0 Å². The van der Waals surface area contributed by atoms with Gasteiger partial charge < -0.3 is 24.4 Å². The van der Waals surface area contributed by atoms with Gasteiger partial charge in [-0.2, -0.15) is 0 Å². The first-order valence-corrected chi connectivity index (χ1v) is 9.21. The zero-order valence-corrected chi connectivity index (χ0v) is 15.6. The van der Waals surface area contributed by atoms with Crippen molar-refractivity contribution in [2.45, 2.75) is 25.1 Å². The Morgan fingerprint density at radius 3 is 2.70 bits per heavy atom. The summed E-state index contributed by atoms with van der Waals surface area (Å²) in [5.41, 5.74) is 2.46. The number of ether oxygens (including phenoxy) is 3. The van der Waals surface area contributed by atoms with Crippen molar-refractivity contribution in [3.05, 3.63) is 53.6 Å². The van der Waals surface area contributed by atoms with E-state index in [2.05, 4.69) is 5.32 Å². The lowest BCUT2D eigenvalue weighted by Crippen LogP contribution is -2.46. The molecule has 1 saturated heterocycles. The van der Waals surface area contributed by atoms with Crippen LogP contribution in [0.3, 0.4) is 0 Å². The van der Waals surface area contributed by atoms with Crippen LogP contribution in [-0.4, -0.2) is 44.3 Å². The molecule has 0 bridgehead atoms. The van der Waals surface area contributed by atoms with Crippen LogP contribution in [0, 0.1) is 0 Å². The van der Waals surface area contributed by atoms with Crippen molar-refractivity contribution in [2.75, 3.05) is 32.7 Å². The van der Waals surface area contributed by atoms with Crippen LogP contribution < -0.4 is 14.8 Å². The molecule has 2 aromatic rings. The second kappa shape index (κ2) is 7.48. The number of carbonyl (C=O) groups is 1. The van der Waals surface area contributed by atoms with E-state index in [1.807, 2.05) is 47.4 Å². The molecule has 2 aromatic carbocycles. The third kappa shape index (κ3) is 3.32. The standard InChI is InChI=1S/C21H24N2O4/c1-25-18-10-9-14(12-19(18)26-2)20-22-17-8-4-3-7-16(17)21(24)23(20)13-15-6-5-11-27-15/h3-4,7-10,12,15,20,22H,5-6,11,13H2,1-2H3/t15-,20-/m0/s1. The van der Waals surface area contributed by atoms with Crippen LogP contribution in [0.25, 0.3) is 0 Å². The average molecular weight is 368 g/mol. The number of methoxy groups -OCH3 is 2. The van der Waals surface area contributed by atoms with E-state index in [4.69, 9.17) is 14.2 Å². The Bertz CT molecular complexity index is 833. The van der Waals surface area contributed by atoms with Gasteiger partial charge in [0.25, 0.3) is 5.91 Å². The number of nitrogens with zero attached hydrogens (tertiary/aromatic N) is 1. The number of benzene rings is 2. The summed E-state index contributed by atoms with van der Waals surface area (Å²) in [6.07, 6.45) is 1.79. The highest BCUT2D eigenvalue weighted by Gasteiger charge is 2.35. The molecule has 0 unspecified atom stereocenters. The zero-order valence-electron chi connectivity index (χ0n) is 15.6. The van der Waals surface area contributed by atoms with E-state index in [0.717, 1.165) is 30.7 Å². The topological polar surface area (TPSA) is 60.0 Å². The fourth-order valence-corrected chi connectivity index (χ4v) is 3.77. The van der Waals surface area contributed by atoms with E-state index in [1.54, 1.807) is 14.2 Å². The van der Waals surface area contributed by atoms with Gasteiger partial charge >= 0.3 is 0 Å². The highest BCUT2D eigenvalue weighted by molar-refractivity contribution is 6.01. The molecule has 2 aliphatic heterocycles. The van der Waals surface area contributed by atoms with E-state index in [9.17, 15) is 4.79 Å². The van der Waals surface area contributed by atoms with Gasteiger partial charge in [-0.3, -0.25) is 4.79 Å². The Labute approximate surface area is 159 Å². The fraction of sp³-hybridized carbons (Fsp3) is 0.381. The fourth-order valence-electron chi connectivity index (χ4n) is 3.77. The van der Waals surface area contributed by atoms with Gasteiger partial charge in [0.05, 0.1) is 25.9 Å². The van der Waals surface area contributed by atoms with Crippen molar-refractivity contribution < 1.29 is 19.0 Å². The maximum Gasteiger partial charge on any atom is 0.257 e. The van der Waals surface area contributed by atoms with Crippen LogP contribution in [0.4, 0.5) is 5.69 Å². The maximum absolute atomic E-state index is 13.2. The van der Waals surface area contributed by atoms with Gasteiger partial charge in [0.2, 0.25) is 0 Å². The zero-order chi connectivity index (χ0) is 18.8. The molecule has 0 aliphatic carbocycles. The molecule has 0 aromatic heterocycles. The molecule has 1 fully saturated rings. The van der Waals surface area contributed by atoms with E-state index in [-0.39, 0.29) is 18.2 Å². The Morgan fingerprint density at radius 2 is 1.96 bits per heavy atom. The summed E-state index contributed by atoms with van der Waals surface area (Å²) in [6.45, 7) is 1.32. The van der Waals surface area contributed by atoms with Crippen LogP contribution in [-0.2, 0) is 4.74 Å². The number of para-hydroxylation sites is 1. The Hall–Kier alpha value is -2.73. The molecule has 2 heterocycles. The van der Waals surface area contributed by atoms with Crippen LogP contribution in [0.2, 0.25) is 0 Å². The highest BCUT2D eigenvalue weighted by Crippen LogP contribution is 2.37. The lowest BCUT2D eigenvalue weighted by molar-refractivity contribution is 0.0426. The van der Waals surface area contributed by atoms with Crippen molar-refractivity contribution >= 4 is 11.6 Å². The molecule has 0 saturated carbocycles. The maximum atomic E-state index is 13.2. The molecule has 0 spiro atoms. The predicted octanol–water partition coefficient (Wildman–Crippen LogP) is 3.45. The van der Waals surface area contributed by atoms with Gasteiger partial charge in [0, 0.05) is 18.8 Å². The van der Waals surface area contributed by atoms with Crippen LogP contribution in [0.1, 0.15) is 34.9 Å². The number of amides is 1. The second-order valence-electron chi connectivity index (χ2n) is 6.80. The lowest BCUT2D eigenvalue weighted by atomic mass is 10.0. The first-order valence-electron chi connectivity index (χ1n) is 9.21. The van der Waals surface area contributed by atoms with Gasteiger partial charge in [0.15, 0.2) is 11.5 Å². The monoisotopic (exact) mass is 368 g/mol. The molecular weight excluding hydrogens is 344 g/mol. The van der Waals surface area contributed by atoms with Crippen molar-refractivity contribution in [3.8, 4) is 11.5 Å². The normalized spacial score (nSPS) is 21.6. The Balaban J connectivity index is 1.72. The third-order valence-corrected chi connectivity index (χ3v) is 5.17. The summed E-state index contributed by atoms with van der Waals surface area (Å²) in [4.78, 5) is 15.1. The SMILES string of the molecule is COc1ccc([C@H]2Nc3ccccc3C(=O)N2C[C@@H]2CCCO2)cc1OC. The summed E-state index contributed by atoms with van der Waals surface area (Å²) in [5, 5.41) is 3.51. The molecular formula is C21H24N2O4. The summed E-state index contributed by atoms with van der Waals surface area (Å²) >= 11 is 0. The number of fused-ring (bicyclic) bond motifs is 1. The first kappa shape index (κ1) is 17.7. The average Bonchev–Trinajstić information content (AvgIpc) is 3.22. The highest BCUT2D eigenvalue weighted by atomic mass is 16.5. The van der Waals surface area contributed by atoms with Gasteiger partial charge in [-0.05, 0) is 42.7 Å². The van der Waals surface area contributed by atoms with Crippen molar-refractivity contribution in [2.24, 2.45) is 0 Å². The summed E-state index contributed by atoms with van der Waals surface area (Å²) in [6, 6.07) is 13.4. The number of carbonyl (C=O) groups excluding carboxylic acids is 1. The molecule has 2 atom stereocenters. The largest absolute Gasteiger partial charge is 0.493 e. The summed E-state index contributed by atoms with van der Waals surface area (Å²) in [5.74, 6) is 1.31. The summed E-state index contributed by atoms with van der Waals surface area (Å²) in [7, 11) is 3.22. The molecule has 2 aliphatic rings. The number of hydrogen-bond donors (Lipinski definition) is 1. The molecule has 142 valence electrons. The molecule has 6 heteroatoms. The lowest BCUT2D eigenvalue weighted by Gasteiger charge is -2.39. The summed E-state index contributed by atoms with van der Waals surface area (Å²) < 4.78 is 16.6. The quantitative estimate of drug-likeness (QED) is 0.876. The Morgan fingerprint density at radius 1 is 1.15 bits per heavy atom. The van der Waals surface area contributed by atoms with Crippen LogP contribution in [0.15, 0.2) is 42.5 Å². The molecule has 27 heavy (non-hydrogen) atoms. The first-order chi connectivity index (χ1) is 13.2. The van der Waals surface area contributed by atoms with Crippen LogP contribution >= 0.6 is 0 Å². The smallest absolute Gasteiger partial charge is 0.257 e. The van der Waals surface area contributed by atoms with E-state index >= 15 is 0 Å². The number of rotatable bonds is 5. The van der Waals surface area contributed by atoms with Gasteiger partial charge in [-0.1, -0.05) is 18.2 Å². The predicted molar refractivity (Wildman–Crippen MR) is 102 cm³/mol. The van der Waals surface area contributed by atoms with Crippen LogP contribution in [0.5, 0.6) is 11.5 Å². The molecule has 1 N–H and O–H groups in total. The number of hydrogen-bond acceptors (Lipinski definition) is 5. The molecule has 1 amide bonds. The third-order valence-electron chi connectivity index (χ3n) is 5.17. The molecule has 0 radical (unpaired) electrons. The minimum absolute atomic E-state index is 0.0136.